The number of halogens is 2. The molecule has 1 aliphatic rings. The Labute approximate surface area is 215 Å². The number of hydrogen-bond acceptors (Lipinski definition) is 5. The summed E-state index contributed by atoms with van der Waals surface area (Å²) in [6.45, 7) is 3.72. The van der Waals surface area contributed by atoms with Crippen molar-refractivity contribution in [3.8, 4) is 5.75 Å². The van der Waals surface area contributed by atoms with Gasteiger partial charge >= 0.3 is 0 Å². The van der Waals surface area contributed by atoms with Crippen molar-refractivity contribution in [2.45, 2.75) is 58.3 Å². The van der Waals surface area contributed by atoms with Crippen molar-refractivity contribution in [2.75, 3.05) is 32.2 Å². The van der Waals surface area contributed by atoms with E-state index >= 15 is 0 Å². The molecule has 2 amide bonds. The van der Waals surface area contributed by atoms with E-state index in [1.54, 1.807) is 19.2 Å². The van der Waals surface area contributed by atoms with E-state index < -0.39 is 0 Å². The van der Waals surface area contributed by atoms with Crippen LogP contribution in [0, 0.1) is 0 Å². The predicted octanol–water partition coefficient (Wildman–Crippen LogP) is 6.52. The molecule has 6 nitrogen and oxygen atoms in total. The lowest BCUT2D eigenvalue weighted by Gasteiger charge is -2.14. The van der Waals surface area contributed by atoms with Gasteiger partial charge in [0.1, 0.15) is 5.00 Å². The van der Waals surface area contributed by atoms with Gasteiger partial charge in [0.15, 0.2) is 5.75 Å². The number of amides is 2. The molecule has 0 saturated carbocycles. The van der Waals surface area contributed by atoms with E-state index in [0.717, 1.165) is 61.8 Å². The Morgan fingerprint density at radius 1 is 1.03 bits per heavy atom. The van der Waals surface area contributed by atoms with Gasteiger partial charge in [-0.25, -0.2) is 0 Å². The van der Waals surface area contributed by atoms with Crippen molar-refractivity contribution in [3.63, 3.8) is 0 Å². The Morgan fingerprint density at radius 2 is 1.76 bits per heavy atom. The number of fused-ring (bicyclic) bond motifs is 1. The van der Waals surface area contributed by atoms with Gasteiger partial charge in [-0.05, 0) is 56.2 Å². The van der Waals surface area contributed by atoms with Crippen LogP contribution < -0.4 is 15.4 Å². The van der Waals surface area contributed by atoms with Gasteiger partial charge < -0.3 is 20.1 Å². The maximum atomic E-state index is 13.1. The predicted molar refractivity (Wildman–Crippen MR) is 139 cm³/mol. The highest BCUT2D eigenvalue weighted by Gasteiger charge is 2.27. The molecule has 2 aromatic rings. The molecule has 1 aliphatic carbocycles. The minimum atomic E-state index is -0.367. The minimum absolute atomic E-state index is 0.169. The Morgan fingerprint density at radius 3 is 2.47 bits per heavy atom. The molecule has 0 radical (unpaired) electrons. The molecule has 0 spiro atoms. The number of aryl methyl sites for hydroxylation is 1. The molecule has 0 fully saturated rings. The molecular weight excluding hydrogens is 495 g/mol. The summed E-state index contributed by atoms with van der Waals surface area (Å²) < 4.78 is 10.8. The molecule has 1 aromatic carbocycles. The van der Waals surface area contributed by atoms with Gasteiger partial charge in [0.25, 0.3) is 11.8 Å². The Bertz CT molecular complexity index is 986. The zero-order chi connectivity index (χ0) is 24.5. The van der Waals surface area contributed by atoms with E-state index in [1.165, 1.54) is 11.3 Å². The van der Waals surface area contributed by atoms with Crippen molar-refractivity contribution in [1.29, 1.82) is 0 Å². The number of unbranched alkanes of at least 4 members (excludes halogenated alkanes) is 2. The van der Waals surface area contributed by atoms with Crippen LogP contribution in [-0.2, 0) is 17.6 Å². The van der Waals surface area contributed by atoms with Gasteiger partial charge in [-0.1, -0.05) is 43.0 Å². The van der Waals surface area contributed by atoms with Crippen molar-refractivity contribution < 1.29 is 19.1 Å². The topological polar surface area (TPSA) is 76.7 Å². The maximum absolute atomic E-state index is 13.1. The number of carbonyl (C=O) groups excluding carboxylic acids is 2. The lowest BCUT2D eigenvalue weighted by molar-refractivity contribution is 0.0948. The zero-order valence-corrected chi connectivity index (χ0v) is 22.1. The minimum Gasteiger partial charge on any atom is -0.490 e. The summed E-state index contributed by atoms with van der Waals surface area (Å²) in [5, 5.41) is 7.03. The largest absolute Gasteiger partial charge is 0.490 e. The summed E-state index contributed by atoms with van der Waals surface area (Å²) in [6.07, 6.45) is 7.65. The van der Waals surface area contributed by atoms with Gasteiger partial charge in [0, 0.05) is 30.7 Å². The van der Waals surface area contributed by atoms with Crippen LogP contribution in [0.1, 0.15) is 76.6 Å². The smallest absolute Gasteiger partial charge is 0.256 e. The second-order valence-corrected chi connectivity index (χ2v) is 10.2. The number of ether oxygens (including phenoxy) is 2. The second-order valence-electron chi connectivity index (χ2n) is 8.30. The summed E-state index contributed by atoms with van der Waals surface area (Å²) in [5.41, 5.74) is 1.93. The van der Waals surface area contributed by atoms with Crippen LogP contribution in [0.4, 0.5) is 5.00 Å². The van der Waals surface area contributed by atoms with E-state index in [0.29, 0.717) is 41.6 Å². The molecule has 186 valence electrons. The molecule has 0 saturated heterocycles. The Hall–Kier alpha value is -1.80. The average molecular weight is 528 g/mol. The van der Waals surface area contributed by atoms with E-state index in [4.69, 9.17) is 32.7 Å². The fraction of sp³-hybridized carbons (Fsp3) is 0.520. The molecule has 9 heteroatoms. The third-order valence-corrected chi connectivity index (χ3v) is 7.46. The Kier molecular flexibility index (Phi) is 10.5. The number of rotatable bonds is 12. The summed E-state index contributed by atoms with van der Waals surface area (Å²) in [6, 6.07) is 3.10. The van der Waals surface area contributed by atoms with Gasteiger partial charge in [0.2, 0.25) is 0 Å². The van der Waals surface area contributed by atoms with E-state index in [1.807, 2.05) is 0 Å². The first-order chi connectivity index (χ1) is 16.5. The number of methoxy groups -OCH3 is 1. The summed E-state index contributed by atoms with van der Waals surface area (Å²) in [4.78, 5) is 27.3. The molecule has 0 aliphatic heterocycles. The highest BCUT2D eigenvalue weighted by Crippen LogP contribution is 2.39. The van der Waals surface area contributed by atoms with Crippen molar-refractivity contribution >= 4 is 51.4 Å². The monoisotopic (exact) mass is 526 g/mol. The lowest BCUT2D eigenvalue weighted by Crippen LogP contribution is -2.27. The standard InChI is InChI=1S/C25H32Cl2N2O4S/c1-3-4-7-13-33-22-18(26)14-16(15-19(22)27)23(30)29-25-21(24(31)28-11-8-12-32-2)17-9-5-6-10-20(17)34-25/h14-15H,3-13H2,1-2H3,(H,28,31)(H,29,30). The summed E-state index contributed by atoms with van der Waals surface area (Å²) in [7, 11) is 1.63. The maximum Gasteiger partial charge on any atom is 0.256 e. The normalized spacial score (nSPS) is 12.8. The quantitative estimate of drug-likeness (QED) is 0.308. The fourth-order valence-corrected chi connectivity index (χ4v) is 5.81. The molecule has 1 aromatic heterocycles. The highest BCUT2D eigenvalue weighted by molar-refractivity contribution is 7.17. The van der Waals surface area contributed by atoms with E-state index in [9.17, 15) is 9.59 Å². The van der Waals surface area contributed by atoms with Crippen LogP contribution in [0.25, 0.3) is 0 Å². The van der Waals surface area contributed by atoms with Crippen molar-refractivity contribution in [2.24, 2.45) is 0 Å². The van der Waals surface area contributed by atoms with Gasteiger partial charge in [-0.3, -0.25) is 9.59 Å². The molecule has 0 atom stereocenters. The SMILES string of the molecule is CCCCCOc1c(Cl)cc(C(=O)Nc2sc3c(c2C(=O)NCCCOC)CCCC3)cc1Cl. The molecule has 1 heterocycles. The first-order valence-electron chi connectivity index (χ1n) is 11.8. The van der Waals surface area contributed by atoms with Crippen molar-refractivity contribution in [3.05, 3.63) is 43.7 Å². The molecule has 0 unspecified atom stereocenters. The number of carbonyl (C=O) groups is 2. The second kappa shape index (κ2) is 13.3. The van der Waals surface area contributed by atoms with Crippen LogP contribution in [0.3, 0.4) is 0 Å². The Balaban J connectivity index is 1.77. The first-order valence-corrected chi connectivity index (χ1v) is 13.4. The number of thiophene rings is 1. The molecular formula is C25H32Cl2N2O4S. The van der Waals surface area contributed by atoms with Gasteiger partial charge in [0.05, 0.1) is 22.2 Å². The first kappa shape index (κ1) is 26.8. The highest BCUT2D eigenvalue weighted by atomic mass is 35.5. The summed E-state index contributed by atoms with van der Waals surface area (Å²) in [5.74, 6) is -0.148. The molecule has 3 rings (SSSR count). The number of anilines is 1. The van der Waals surface area contributed by atoms with Crippen molar-refractivity contribution in [1.82, 2.24) is 5.32 Å². The number of hydrogen-bond donors (Lipinski definition) is 2. The number of nitrogens with one attached hydrogen (secondary N) is 2. The molecule has 2 N–H and O–H groups in total. The third-order valence-electron chi connectivity index (χ3n) is 5.69. The average Bonchev–Trinajstić information content (AvgIpc) is 3.18. The zero-order valence-electron chi connectivity index (χ0n) is 19.7. The van der Waals surface area contributed by atoms with E-state index in [-0.39, 0.29) is 21.9 Å². The van der Waals surface area contributed by atoms with Gasteiger partial charge in [-0.15, -0.1) is 11.3 Å². The lowest BCUT2D eigenvalue weighted by atomic mass is 9.95. The third kappa shape index (κ3) is 6.87. The molecule has 0 bridgehead atoms. The summed E-state index contributed by atoms with van der Waals surface area (Å²) >= 11 is 14.2. The van der Waals surface area contributed by atoms with Crippen LogP contribution in [0.5, 0.6) is 5.75 Å². The van der Waals surface area contributed by atoms with Crippen LogP contribution in [0.15, 0.2) is 12.1 Å². The van der Waals surface area contributed by atoms with Crippen LogP contribution >= 0.6 is 34.5 Å². The molecule has 34 heavy (non-hydrogen) atoms. The van der Waals surface area contributed by atoms with E-state index in [2.05, 4.69) is 17.6 Å². The number of benzene rings is 1. The fourth-order valence-electron chi connectivity index (χ4n) is 3.93. The van der Waals surface area contributed by atoms with Crippen LogP contribution in [0.2, 0.25) is 10.0 Å². The van der Waals surface area contributed by atoms with Crippen LogP contribution in [-0.4, -0.2) is 38.7 Å². The van der Waals surface area contributed by atoms with Gasteiger partial charge in [-0.2, -0.15) is 0 Å².